The van der Waals surface area contributed by atoms with Crippen molar-refractivity contribution in [2.24, 2.45) is 20.0 Å². The van der Waals surface area contributed by atoms with Crippen LogP contribution in [-0.2, 0) is 25.4 Å². The Morgan fingerprint density at radius 1 is 1.19 bits per heavy atom. The second-order valence-corrected chi connectivity index (χ2v) is 8.18. The number of amides is 1. The Kier molecular flexibility index (Phi) is 5.86. The van der Waals surface area contributed by atoms with E-state index in [2.05, 4.69) is 10.3 Å². The Labute approximate surface area is 184 Å². The van der Waals surface area contributed by atoms with E-state index in [1.54, 1.807) is 23.7 Å². The number of nitrogens with one attached hydrogen (secondary N) is 1. The smallest absolute Gasteiger partial charge is 0.332 e. The van der Waals surface area contributed by atoms with Crippen molar-refractivity contribution in [2.45, 2.75) is 26.3 Å². The lowest BCUT2D eigenvalue weighted by atomic mass is 9.97. The lowest BCUT2D eigenvalue weighted by Gasteiger charge is -2.33. The van der Waals surface area contributed by atoms with Crippen molar-refractivity contribution in [2.75, 3.05) is 24.5 Å². The normalized spacial score (nSPS) is 16.5. The zero-order valence-corrected chi connectivity index (χ0v) is 18.5. The number of hydrogen-bond donors (Lipinski definition) is 1. The first-order valence-electron chi connectivity index (χ1n) is 10.7. The third kappa shape index (κ3) is 3.80. The number of aryl methyl sites for hydroxylation is 1. The Hall–Kier alpha value is -3.43. The van der Waals surface area contributed by atoms with Crippen LogP contribution in [0.3, 0.4) is 0 Å². The topological polar surface area (TPSA) is 94.2 Å². The predicted octanol–water partition coefficient (Wildman–Crippen LogP) is 0.974. The highest BCUT2D eigenvalue weighted by molar-refractivity contribution is 5.80. The molecule has 1 aliphatic rings. The number of anilines is 1. The number of fused-ring (bicyclic) bond motifs is 1. The first kappa shape index (κ1) is 21.8. The van der Waals surface area contributed by atoms with Crippen molar-refractivity contribution in [1.82, 2.24) is 24.0 Å². The van der Waals surface area contributed by atoms with Crippen molar-refractivity contribution in [1.29, 1.82) is 0 Å². The fourth-order valence-electron chi connectivity index (χ4n) is 4.29. The van der Waals surface area contributed by atoms with Crippen molar-refractivity contribution in [3.63, 3.8) is 0 Å². The maximum atomic E-state index is 13.4. The molecule has 2 aromatic heterocycles. The molecule has 1 saturated heterocycles. The summed E-state index contributed by atoms with van der Waals surface area (Å²) in [6.45, 7) is 3.87. The number of aromatic nitrogens is 4. The molecule has 0 radical (unpaired) electrons. The van der Waals surface area contributed by atoms with Crippen molar-refractivity contribution in [3.05, 3.63) is 56.5 Å². The molecule has 1 unspecified atom stereocenters. The quantitative estimate of drug-likeness (QED) is 0.636. The van der Waals surface area contributed by atoms with Crippen LogP contribution in [-0.4, -0.2) is 44.2 Å². The number of carbonyl (C=O) groups excluding carboxylic acids is 1. The van der Waals surface area contributed by atoms with E-state index < -0.39 is 11.2 Å². The minimum absolute atomic E-state index is 0.00158. The van der Waals surface area contributed by atoms with Gasteiger partial charge >= 0.3 is 5.69 Å². The average Bonchev–Trinajstić information content (AvgIpc) is 3.17. The van der Waals surface area contributed by atoms with Crippen LogP contribution in [0.5, 0.6) is 0 Å². The summed E-state index contributed by atoms with van der Waals surface area (Å²) in [6.07, 6.45) is 1.58. The van der Waals surface area contributed by atoms with Gasteiger partial charge in [-0.1, -0.05) is 12.1 Å². The van der Waals surface area contributed by atoms with E-state index in [9.17, 15) is 18.8 Å². The molecule has 0 bridgehead atoms. The molecule has 10 heteroatoms. The Balaban J connectivity index is 1.85. The van der Waals surface area contributed by atoms with Crippen molar-refractivity contribution < 1.29 is 9.18 Å². The number of piperidine rings is 1. The van der Waals surface area contributed by atoms with E-state index in [0.29, 0.717) is 31.1 Å². The monoisotopic (exact) mass is 442 g/mol. The van der Waals surface area contributed by atoms with Gasteiger partial charge in [-0.25, -0.2) is 9.18 Å². The van der Waals surface area contributed by atoms with Crippen LogP contribution >= 0.6 is 0 Å². The summed E-state index contributed by atoms with van der Waals surface area (Å²) in [5.41, 5.74) is 0.477. The highest BCUT2D eigenvalue weighted by Crippen LogP contribution is 2.26. The van der Waals surface area contributed by atoms with E-state index in [1.165, 1.54) is 23.7 Å². The molecule has 3 aromatic rings. The predicted molar refractivity (Wildman–Crippen MR) is 119 cm³/mol. The molecule has 4 rings (SSSR count). The summed E-state index contributed by atoms with van der Waals surface area (Å²) in [5, 5.41) is 2.88. The third-order valence-electron chi connectivity index (χ3n) is 6.01. The van der Waals surface area contributed by atoms with E-state index >= 15 is 0 Å². The van der Waals surface area contributed by atoms with Crippen LogP contribution in [0.25, 0.3) is 11.2 Å². The summed E-state index contributed by atoms with van der Waals surface area (Å²) >= 11 is 0. The summed E-state index contributed by atoms with van der Waals surface area (Å²) in [6, 6.07) is 6.05. The second kappa shape index (κ2) is 8.60. The summed E-state index contributed by atoms with van der Waals surface area (Å²) in [4.78, 5) is 44.7. The van der Waals surface area contributed by atoms with Gasteiger partial charge in [-0.2, -0.15) is 4.98 Å². The molecule has 1 aromatic carbocycles. The number of hydrogen-bond acceptors (Lipinski definition) is 5. The zero-order chi connectivity index (χ0) is 23.0. The molecule has 3 heterocycles. The maximum absolute atomic E-state index is 13.4. The molecular weight excluding hydrogens is 415 g/mol. The molecule has 170 valence electrons. The summed E-state index contributed by atoms with van der Waals surface area (Å²) in [7, 11) is 3.02. The molecule has 9 nitrogen and oxygen atoms in total. The number of imidazole rings is 1. The van der Waals surface area contributed by atoms with Crippen LogP contribution in [0.1, 0.15) is 25.3 Å². The Morgan fingerprint density at radius 2 is 1.91 bits per heavy atom. The number of rotatable bonds is 5. The van der Waals surface area contributed by atoms with Crippen LogP contribution < -0.4 is 21.5 Å². The molecule has 0 spiro atoms. The number of nitrogens with zero attached hydrogens (tertiary/aromatic N) is 5. The SMILES string of the molecule is CCNC(=O)C1CCCN(c2nc3c(c(=O)n(C)c(=O)n3C)n2Cc2ccc(F)cc2)C1. The van der Waals surface area contributed by atoms with E-state index in [-0.39, 0.29) is 29.8 Å². The fraction of sp³-hybridized carbons (Fsp3) is 0.455. The first-order valence-corrected chi connectivity index (χ1v) is 10.7. The minimum Gasteiger partial charge on any atom is -0.356 e. The highest BCUT2D eigenvalue weighted by atomic mass is 19.1. The Morgan fingerprint density at radius 3 is 2.59 bits per heavy atom. The zero-order valence-electron chi connectivity index (χ0n) is 18.5. The maximum Gasteiger partial charge on any atom is 0.332 e. The molecule has 1 fully saturated rings. The average molecular weight is 442 g/mol. The largest absolute Gasteiger partial charge is 0.356 e. The van der Waals surface area contributed by atoms with Gasteiger partial charge in [0.1, 0.15) is 5.82 Å². The lowest BCUT2D eigenvalue weighted by molar-refractivity contribution is -0.125. The van der Waals surface area contributed by atoms with Crippen molar-refractivity contribution in [3.8, 4) is 0 Å². The Bertz CT molecular complexity index is 1270. The van der Waals surface area contributed by atoms with Gasteiger partial charge in [0.05, 0.1) is 12.5 Å². The van der Waals surface area contributed by atoms with Gasteiger partial charge in [-0.3, -0.25) is 23.3 Å². The number of benzene rings is 1. The highest BCUT2D eigenvalue weighted by Gasteiger charge is 2.30. The molecule has 1 amide bonds. The number of carbonyl (C=O) groups is 1. The van der Waals surface area contributed by atoms with Gasteiger partial charge in [-0.05, 0) is 37.5 Å². The first-order chi connectivity index (χ1) is 15.3. The van der Waals surface area contributed by atoms with E-state index in [4.69, 9.17) is 0 Å². The van der Waals surface area contributed by atoms with Crippen LogP contribution in [0, 0.1) is 11.7 Å². The van der Waals surface area contributed by atoms with Gasteiger partial charge in [-0.15, -0.1) is 0 Å². The van der Waals surface area contributed by atoms with Gasteiger partial charge < -0.3 is 10.2 Å². The van der Waals surface area contributed by atoms with Crippen LogP contribution in [0.2, 0.25) is 0 Å². The van der Waals surface area contributed by atoms with Gasteiger partial charge in [0, 0.05) is 33.7 Å². The van der Waals surface area contributed by atoms with Gasteiger partial charge in [0.15, 0.2) is 11.2 Å². The molecule has 0 saturated carbocycles. The summed E-state index contributed by atoms with van der Waals surface area (Å²) < 4.78 is 17.6. The molecule has 1 N–H and O–H groups in total. The fourth-order valence-corrected chi connectivity index (χ4v) is 4.29. The van der Waals surface area contributed by atoms with Crippen LogP contribution in [0.15, 0.2) is 33.9 Å². The molecular formula is C22H27FN6O3. The van der Waals surface area contributed by atoms with Gasteiger partial charge in [0.2, 0.25) is 11.9 Å². The number of halogens is 1. The lowest BCUT2D eigenvalue weighted by Crippen LogP contribution is -2.44. The molecule has 0 aliphatic carbocycles. The molecule has 32 heavy (non-hydrogen) atoms. The van der Waals surface area contributed by atoms with Crippen LogP contribution in [0.4, 0.5) is 10.3 Å². The molecule has 1 atom stereocenters. The molecule has 1 aliphatic heterocycles. The third-order valence-corrected chi connectivity index (χ3v) is 6.01. The summed E-state index contributed by atoms with van der Waals surface area (Å²) in [5.74, 6) is -0.00338. The standard InChI is InChI=1S/C22H27FN6O3/c1-4-24-19(30)15-6-5-11-28(13-15)21-25-18-17(20(31)27(3)22(32)26(18)2)29(21)12-14-7-9-16(23)10-8-14/h7-10,15H,4-6,11-13H2,1-3H3,(H,24,30). The van der Waals surface area contributed by atoms with Crippen molar-refractivity contribution >= 4 is 23.0 Å². The minimum atomic E-state index is -0.459. The van der Waals surface area contributed by atoms with E-state index in [0.717, 1.165) is 23.0 Å². The second-order valence-electron chi connectivity index (χ2n) is 8.18. The van der Waals surface area contributed by atoms with E-state index in [1.807, 2.05) is 11.8 Å². The van der Waals surface area contributed by atoms with Gasteiger partial charge in [0.25, 0.3) is 5.56 Å².